The van der Waals surface area contributed by atoms with E-state index in [-0.39, 0.29) is 24.1 Å². The second kappa shape index (κ2) is 12.5. The highest BCUT2D eigenvalue weighted by Gasteiger charge is 2.45. The summed E-state index contributed by atoms with van der Waals surface area (Å²) in [6.45, 7) is 0.840. The van der Waals surface area contributed by atoms with Crippen LogP contribution in [0.2, 0.25) is 0 Å². The van der Waals surface area contributed by atoms with Crippen molar-refractivity contribution in [2.45, 2.75) is 63.8 Å². The molecule has 1 heterocycles. The molecule has 0 aromatic heterocycles. The number of ether oxygens (including phenoxy) is 1. The van der Waals surface area contributed by atoms with Crippen LogP contribution in [0.25, 0.3) is 0 Å². The molecule has 2 aromatic rings. The molecule has 2 aromatic carbocycles. The number of carbonyl (C=O) groups is 3. The van der Waals surface area contributed by atoms with E-state index in [9.17, 15) is 14.4 Å². The first-order valence-corrected chi connectivity index (χ1v) is 13.0. The van der Waals surface area contributed by atoms with Crippen molar-refractivity contribution in [3.63, 3.8) is 0 Å². The minimum absolute atomic E-state index is 0.148. The predicted octanol–water partition coefficient (Wildman–Crippen LogP) is 4.53. The molecule has 6 nitrogen and oxygen atoms in total. The lowest BCUT2D eigenvalue weighted by atomic mass is 9.84. The van der Waals surface area contributed by atoms with Crippen molar-refractivity contribution in [1.82, 2.24) is 10.2 Å². The van der Waals surface area contributed by atoms with Crippen LogP contribution >= 0.6 is 0 Å². The van der Waals surface area contributed by atoms with Gasteiger partial charge in [-0.2, -0.15) is 0 Å². The Bertz CT molecular complexity index is 973. The highest BCUT2D eigenvalue weighted by atomic mass is 16.5. The number of carbonyl (C=O) groups excluding carboxylic acids is 3. The van der Waals surface area contributed by atoms with Crippen LogP contribution in [-0.2, 0) is 20.8 Å². The number of rotatable bonds is 11. The Labute approximate surface area is 208 Å². The van der Waals surface area contributed by atoms with Crippen LogP contribution < -0.4 is 10.1 Å². The molecule has 1 saturated heterocycles. The van der Waals surface area contributed by atoms with Gasteiger partial charge in [-0.1, -0.05) is 80.6 Å². The zero-order chi connectivity index (χ0) is 24.5. The normalized spacial score (nSPS) is 19.5. The molecule has 1 N–H and O–H groups in total. The molecule has 0 spiro atoms. The van der Waals surface area contributed by atoms with Gasteiger partial charge in [0.15, 0.2) is 0 Å². The summed E-state index contributed by atoms with van der Waals surface area (Å²) >= 11 is 0. The summed E-state index contributed by atoms with van der Waals surface area (Å²) in [5.41, 5.74) is 1.14. The number of amides is 3. The maximum atomic E-state index is 13.3. The Morgan fingerprint density at radius 3 is 2.37 bits per heavy atom. The Kier molecular flexibility index (Phi) is 8.93. The number of nitrogens with one attached hydrogen (secondary N) is 1. The molecule has 1 aliphatic carbocycles. The van der Waals surface area contributed by atoms with Crippen molar-refractivity contribution in [1.29, 1.82) is 0 Å². The van der Waals surface area contributed by atoms with Crippen LogP contribution in [0, 0.1) is 11.8 Å². The number of hydrogen-bond donors (Lipinski definition) is 1. The average Bonchev–Trinajstić information content (AvgIpc) is 3.17. The summed E-state index contributed by atoms with van der Waals surface area (Å²) in [5.74, 6) is -0.000211. The number of imide groups is 1. The molecular weight excluding hydrogens is 440 g/mol. The molecule has 0 bridgehead atoms. The maximum absolute atomic E-state index is 13.3. The van der Waals surface area contributed by atoms with Gasteiger partial charge in [0.25, 0.3) is 0 Å². The van der Waals surface area contributed by atoms with Crippen LogP contribution in [0.4, 0.5) is 0 Å². The van der Waals surface area contributed by atoms with Crippen molar-refractivity contribution < 1.29 is 19.1 Å². The molecule has 1 saturated carbocycles. The second-order valence-corrected chi connectivity index (χ2v) is 9.74. The van der Waals surface area contributed by atoms with E-state index < -0.39 is 12.0 Å². The van der Waals surface area contributed by atoms with Crippen molar-refractivity contribution in [3.8, 4) is 5.75 Å². The van der Waals surface area contributed by atoms with Gasteiger partial charge in [-0.25, -0.2) is 0 Å². The minimum atomic E-state index is -0.728. The molecular formula is C29H36N2O4. The first-order valence-electron chi connectivity index (χ1n) is 13.0. The number of nitrogens with zero attached hydrogens (tertiary/aromatic N) is 1. The average molecular weight is 477 g/mol. The topological polar surface area (TPSA) is 75.7 Å². The molecule has 2 fully saturated rings. The monoisotopic (exact) mass is 476 g/mol. The fourth-order valence-corrected chi connectivity index (χ4v) is 5.27. The summed E-state index contributed by atoms with van der Waals surface area (Å²) in [6.07, 6.45) is 7.50. The van der Waals surface area contributed by atoms with E-state index in [1.807, 2.05) is 60.7 Å². The largest absolute Gasteiger partial charge is 0.494 e. The molecule has 2 atom stereocenters. The summed E-state index contributed by atoms with van der Waals surface area (Å²) < 4.78 is 5.75. The van der Waals surface area contributed by atoms with Gasteiger partial charge in [-0.3, -0.25) is 19.3 Å². The van der Waals surface area contributed by atoms with Crippen molar-refractivity contribution in [2.24, 2.45) is 11.8 Å². The van der Waals surface area contributed by atoms with Crippen LogP contribution in [0.3, 0.4) is 0 Å². The predicted molar refractivity (Wildman–Crippen MR) is 135 cm³/mol. The summed E-state index contributed by atoms with van der Waals surface area (Å²) in [4.78, 5) is 40.9. The van der Waals surface area contributed by atoms with Crippen LogP contribution in [0.1, 0.15) is 56.9 Å². The summed E-state index contributed by atoms with van der Waals surface area (Å²) in [7, 11) is 0. The zero-order valence-electron chi connectivity index (χ0n) is 20.4. The minimum Gasteiger partial charge on any atom is -0.494 e. The highest BCUT2D eigenvalue weighted by Crippen LogP contribution is 2.32. The number of benzene rings is 2. The van der Waals surface area contributed by atoms with Gasteiger partial charge in [0, 0.05) is 13.0 Å². The smallest absolute Gasteiger partial charge is 0.243 e. The van der Waals surface area contributed by atoms with E-state index in [2.05, 4.69) is 5.32 Å². The fraction of sp³-hybridized carbons (Fsp3) is 0.483. The van der Waals surface area contributed by atoms with Gasteiger partial charge in [0.2, 0.25) is 17.7 Å². The highest BCUT2D eigenvalue weighted by molar-refractivity contribution is 6.06. The molecule has 3 amide bonds. The lowest BCUT2D eigenvalue weighted by Crippen LogP contribution is -2.51. The third-order valence-corrected chi connectivity index (χ3v) is 7.21. The summed E-state index contributed by atoms with van der Waals surface area (Å²) in [5, 5.41) is 3.01. The fourth-order valence-electron chi connectivity index (χ4n) is 5.27. The third kappa shape index (κ3) is 6.93. The first-order chi connectivity index (χ1) is 17.1. The van der Waals surface area contributed by atoms with E-state index in [1.165, 1.54) is 11.3 Å². The number of likely N-dealkylation sites (tertiary alicyclic amines) is 1. The van der Waals surface area contributed by atoms with E-state index in [0.717, 1.165) is 37.0 Å². The lowest BCUT2D eigenvalue weighted by molar-refractivity contribution is -0.148. The zero-order valence-corrected chi connectivity index (χ0v) is 20.4. The van der Waals surface area contributed by atoms with Crippen LogP contribution in [0.15, 0.2) is 60.7 Å². The molecule has 2 aliphatic rings. The van der Waals surface area contributed by atoms with Gasteiger partial charge >= 0.3 is 0 Å². The molecule has 1 aliphatic heterocycles. The standard InChI is InChI=1S/C29H36N2O4/c32-27-21-24(17-19-35-25-14-8-3-9-15-25)29(34)31(27)26(20-23-12-6-2-7-13-23)28(33)30-18-16-22-10-4-1-5-11-22/h1,3-5,8-11,14-15,23-24,26H,2,6-7,12-13,16-21H2,(H,30,33)/t24?,26-/m1/s1. The van der Waals surface area contributed by atoms with Crippen molar-refractivity contribution >= 4 is 17.7 Å². The Balaban J connectivity index is 1.38. The molecule has 186 valence electrons. The SMILES string of the molecule is O=C(NCCc1ccccc1)[C@@H](CC1CCCCC1)N1C(=O)CC(CCOc2ccccc2)C1=O. The van der Waals surface area contributed by atoms with Crippen LogP contribution in [-0.4, -0.2) is 41.8 Å². The van der Waals surface area contributed by atoms with Gasteiger partial charge in [-0.05, 0) is 42.9 Å². The van der Waals surface area contributed by atoms with E-state index in [1.54, 1.807) is 0 Å². The number of para-hydroxylation sites is 1. The van der Waals surface area contributed by atoms with Gasteiger partial charge < -0.3 is 10.1 Å². The van der Waals surface area contributed by atoms with Crippen LogP contribution in [0.5, 0.6) is 5.75 Å². The molecule has 0 radical (unpaired) electrons. The van der Waals surface area contributed by atoms with Crippen molar-refractivity contribution in [2.75, 3.05) is 13.2 Å². The van der Waals surface area contributed by atoms with Crippen molar-refractivity contribution in [3.05, 3.63) is 66.2 Å². The second-order valence-electron chi connectivity index (χ2n) is 9.74. The van der Waals surface area contributed by atoms with E-state index in [0.29, 0.717) is 38.3 Å². The molecule has 35 heavy (non-hydrogen) atoms. The molecule has 1 unspecified atom stereocenters. The van der Waals surface area contributed by atoms with E-state index >= 15 is 0 Å². The number of hydrogen-bond acceptors (Lipinski definition) is 4. The first kappa shape index (κ1) is 25.0. The third-order valence-electron chi connectivity index (χ3n) is 7.21. The van der Waals surface area contributed by atoms with Gasteiger partial charge in [0.1, 0.15) is 11.8 Å². The lowest BCUT2D eigenvalue weighted by Gasteiger charge is -2.31. The molecule has 6 heteroatoms. The van der Waals surface area contributed by atoms with Gasteiger partial charge in [-0.15, -0.1) is 0 Å². The molecule has 4 rings (SSSR count). The van der Waals surface area contributed by atoms with Gasteiger partial charge in [0.05, 0.1) is 12.5 Å². The Morgan fingerprint density at radius 1 is 0.971 bits per heavy atom. The Hall–Kier alpha value is -3.15. The Morgan fingerprint density at radius 2 is 1.66 bits per heavy atom. The van der Waals surface area contributed by atoms with E-state index in [4.69, 9.17) is 4.74 Å². The summed E-state index contributed by atoms with van der Waals surface area (Å²) in [6, 6.07) is 18.7. The maximum Gasteiger partial charge on any atom is 0.243 e. The quantitative estimate of drug-likeness (QED) is 0.484.